The molecule has 0 aliphatic carbocycles. The summed E-state index contributed by atoms with van der Waals surface area (Å²) in [6.45, 7) is 1.36. The van der Waals surface area contributed by atoms with Crippen LogP contribution in [0.2, 0.25) is 5.02 Å². The van der Waals surface area contributed by atoms with Crippen molar-refractivity contribution in [3.8, 4) is 11.4 Å². The Morgan fingerprint density at radius 2 is 1.87 bits per heavy atom. The number of anilines is 1. The third kappa shape index (κ3) is 4.40. The maximum atomic E-state index is 6.40. The number of rotatable bonds is 8. The Labute approximate surface area is 183 Å². The van der Waals surface area contributed by atoms with Crippen LogP contribution in [0.5, 0.6) is 0 Å². The summed E-state index contributed by atoms with van der Waals surface area (Å²) in [5, 5.41) is 11.1. The highest BCUT2D eigenvalue weighted by Gasteiger charge is 2.17. The number of benzene rings is 2. The van der Waals surface area contributed by atoms with Gasteiger partial charge in [-0.05, 0) is 30.7 Å². The first-order valence-corrected chi connectivity index (χ1v) is 10.8. The van der Waals surface area contributed by atoms with Crippen molar-refractivity contribution in [1.82, 2.24) is 24.7 Å². The van der Waals surface area contributed by atoms with E-state index in [0.717, 1.165) is 33.9 Å². The minimum absolute atomic E-state index is 0.481. The number of ether oxygens (including phenoxy) is 1. The number of hydrogen-bond acceptors (Lipinski definition) is 7. The standard InChI is InChI=1S/C21H21ClN6OS/c1-29-12-6-11-28-20(14-7-2-4-9-16(14)22)26-27-21(28)30-13-18-24-17-10-5-3-8-15(17)19(23)25-18/h2-5,7-10H,6,11-13H2,1H3,(H2,23,24,25). The van der Waals surface area contributed by atoms with Gasteiger partial charge in [0.05, 0.1) is 16.3 Å². The van der Waals surface area contributed by atoms with Gasteiger partial charge in [-0.1, -0.05) is 47.6 Å². The third-order valence-corrected chi connectivity index (χ3v) is 5.86. The number of nitrogen functional groups attached to an aromatic ring is 1. The summed E-state index contributed by atoms with van der Waals surface area (Å²) in [5.74, 6) is 2.40. The lowest BCUT2D eigenvalue weighted by molar-refractivity contribution is 0.189. The van der Waals surface area contributed by atoms with E-state index in [1.54, 1.807) is 7.11 Å². The van der Waals surface area contributed by atoms with Crippen molar-refractivity contribution in [2.45, 2.75) is 23.9 Å². The molecule has 30 heavy (non-hydrogen) atoms. The molecule has 0 saturated heterocycles. The van der Waals surface area contributed by atoms with Gasteiger partial charge in [0.15, 0.2) is 11.0 Å². The minimum atomic E-state index is 0.481. The maximum Gasteiger partial charge on any atom is 0.191 e. The molecule has 4 aromatic rings. The molecule has 154 valence electrons. The van der Waals surface area contributed by atoms with Crippen molar-refractivity contribution in [2.75, 3.05) is 19.5 Å². The topological polar surface area (TPSA) is 91.7 Å². The predicted octanol–water partition coefficient (Wildman–Crippen LogP) is 4.45. The Morgan fingerprint density at radius 1 is 1.07 bits per heavy atom. The summed E-state index contributed by atoms with van der Waals surface area (Å²) in [4.78, 5) is 9.07. The third-order valence-electron chi connectivity index (χ3n) is 4.57. The van der Waals surface area contributed by atoms with Crippen LogP contribution >= 0.6 is 23.4 Å². The molecule has 0 amide bonds. The van der Waals surface area contributed by atoms with Gasteiger partial charge in [-0.3, -0.25) is 0 Å². The summed E-state index contributed by atoms with van der Waals surface area (Å²) in [6, 6.07) is 15.4. The maximum absolute atomic E-state index is 6.40. The molecule has 0 aliphatic heterocycles. The van der Waals surface area contributed by atoms with Crippen molar-refractivity contribution < 1.29 is 4.74 Å². The largest absolute Gasteiger partial charge is 0.385 e. The van der Waals surface area contributed by atoms with Crippen LogP contribution in [0.3, 0.4) is 0 Å². The van der Waals surface area contributed by atoms with Gasteiger partial charge in [-0.15, -0.1) is 10.2 Å². The van der Waals surface area contributed by atoms with E-state index in [-0.39, 0.29) is 0 Å². The molecule has 0 unspecified atom stereocenters. The van der Waals surface area contributed by atoms with Crippen molar-refractivity contribution in [3.63, 3.8) is 0 Å². The van der Waals surface area contributed by atoms with Gasteiger partial charge >= 0.3 is 0 Å². The number of hydrogen-bond donors (Lipinski definition) is 1. The van der Waals surface area contributed by atoms with E-state index in [9.17, 15) is 0 Å². The van der Waals surface area contributed by atoms with Gasteiger partial charge in [-0.25, -0.2) is 9.97 Å². The van der Waals surface area contributed by atoms with Crippen LogP contribution in [0.25, 0.3) is 22.3 Å². The number of nitrogens with zero attached hydrogens (tertiary/aromatic N) is 5. The fourth-order valence-corrected chi connectivity index (χ4v) is 4.19. The van der Waals surface area contributed by atoms with Crippen LogP contribution in [-0.2, 0) is 17.0 Å². The molecule has 2 N–H and O–H groups in total. The fraction of sp³-hybridized carbons (Fsp3) is 0.238. The predicted molar refractivity (Wildman–Crippen MR) is 120 cm³/mol. The van der Waals surface area contributed by atoms with Gasteiger partial charge in [0, 0.05) is 31.2 Å². The Kier molecular flexibility index (Phi) is 6.47. The first-order valence-electron chi connectivity index (χ1n) is 9.48. The van der Waals surface area contributed by atoms with Crippen LogP contribution in [0.1, 0.15) is 12.2 Å². The molecule has 0 radical (unpaired) electrons. The van der Waals surface area contributed by atoms with E-state index >= 15 is 0 Å². The van der Waals surface area contributed by atoms with Gasteiger partial charge < -0.3 is 15.0 Å². The zero-order valence-electron chi connectivity index (χ0n) is 16.5. The SMILES string of the molecule is COCCCn1c(SCc2nc(N)c3ccccc3n2)nnc1-c1ccccc1Cl. The van der Waals surface area contributed by atoms with E-state index in [1.807, 2.05) is 48.5 Å². The Hall–Kier alpha value is -2.68. The molecule has 2 heterocycles. The number of methoxy groups -OCH3 is 1. The summed E-state index contributed by atoms with van der Waals surface area (Å²) in [5.41, 5.74) is 7.79. The highest BCUT2D eigenvalue weighted by atomic mass is 35.5. The van der Waals surface area contributed by atoms with E-state index in [0.29, 0.717) is 35.6 Å². The highest BCUT2D eigenvalue weighted by Crippen LogP contribution is 2.30. The number of thioether (sulfide) groups is 1. The van der Waals surface area contributed by atoms with Gasteiger partial charge in [-0.2, -0.15) is 0 Å². The molecule has 0 fully saturated rings. The molecule has 4 rings (SSSR count). The first kappa shape index (κ1) is 20.6. The second-order valence-corrected chi connectivity index (χ2v) is 7.96. The quantitative estimate of drug-likeness (QED) is 0.319. The van der Waals surface area contributed by atoms with Gasteiger partial charge in [0.25, 0.3) is 0 Å². The Morgan fingerprint density at radius 3 is 2.70 bits per heavy atom. The summed E-state index contributed by atoms with van der Waals surface area (Å²) >= 11 is 7.92. The van der Waals surface area contributed by atoms with Crippen LogP contribution in [0.4, 0.5) is 5.82 Å². The van der Waals surface area contributed by atoms with Crippen LogP contribution in [-0.4, -0.2) is 38.4 Å². The fourth-order valence-electron chi connectivity index (χ4n) is 3.15. The monoisotopic (exact) mass is 440 g/mol. The molecule has 2 aromatic carbocycles. The molecule has 0 spiro atoms. The second-order valence-electron chi connectivity index (χ2n) is 6.61. The van der Waals surface area contributed by atoms with Crippen LogP contribution < -0.4 is 5.73 Å². The number of para-hydroxylation sites is 1. The number of halogens is 1. The smallest absolute Gasteiger partial charge is 0.191 e. The molecule has 9 heteroatoms. The summed E-state index contributed by atoms with van der Waals surface area (Å²) in [6.07, 6.45) is 0.832. The van der Waals surface area contributed by atoms with Crippen LogP contribution in [0.15, 0.2) is 53.7 Å². The zero-order valence-corrected chi connectivity index (χ0v) is 18.0. The lowest BCUT2D eigenvalue weighted by Crippen LogP contribution is -2.06. The first-order chi connectivity index (χ1) is 14.7. The van der Waals surface area contributed by atoms with Crippen molar-refractivity contribution >= 4 is 40.1 Å². The molecule has 7 nitrogen and oxygen atoms in total. The summed E-state index contributed by atoms with van der Waals surface area (Å²) in [7, 11) is 1.69. The molecule has 0 atom stereocenters. The molecule has 0 aliphatic rings. The molecule has 0 bridgehead atoms. The molecular weight excluding hydrogens is 420 g/mol. The molecule has 0 saturated carbocycles. The van der Waals surface area contributed by atoms with E-state index in [1.165, 1.54) is 11.8 Å². The van der Waals surface area contributed by atoms with Crippen molar-refractivity contribution in [2.24, 2.45) is 0 Å². The van der Waals surface area contributed by atoms with Crippen molar-refractivity contribution in [3.05, 3.63) is 59.4 Å². The van der Waals surface area contributed by atoms with Crippen molar-refractivity contribution in [1.29, 1.82) is 0 Å². The summed E-state index contributed by atoms with van der Waals surface area (Å²) < 4.78 is 7.28. The highest BCUT2D eigenvalue weighted by molar-refractivity contribution is 7.98. The Bertz CT molecular complexity index is 1170. The number of fused-ring (bicyclic) bond motifs is 1. The lowest BCUT2D eigenvalue weighted by atomic mass is 10.2. The average molecular weight is 441 g/mol. The Balaban J connectivity index is 1.61. The van der Waals surface area contributed by atoms with E-state index < -0.39 is 0 Å². The van der Waals surface area contributed by atoms with E-state index in [2.05, 4.69) is 24.7 Å². The van der Waals surface area contributed by atoms with E-state index in [4.69, 9.17) is 22.1 Å². The van der Waals surface area contributed by atoms with Crippen LogP contribution in [0, 0.1) is 0 Å². The molecule has 2 aromatic heterocycles. The normalized spacial score (nSPS) is 11.3. The molecular formula is C21H21ClN6OS. The lowest BCUT2D eigenvalue weighted by Gasteiger charge is -2.11. The zero-order chi connectivity index (χ0) is 20.9. The number of nitrogens with two attached hydrogens (primary N) is 1. The average Bonchev–Trinajstić information content (AvgIpc) is 3.15. The number of aromatic nitrogens is 5. The minimum Gasteiger partial charge on any atom is -0.385 e. The van der Waals surface area contributed by atoms with Gasteiger partial charge in [0.1, 0.15) is 11.6 Å². The second kappa shape index (κ2) is 9.42. The van der Waals surface area contributed by atoms with Gasteiger partial charge in [0.2, 0.25) is 0 Å².